The number of aromatic carboxylic acids is 1. The van der Waals surface area contributed by atoms with Gasteiger partial charge in [-0.3, -0.25) is 10.2 Å². The van der Waals surface area contributed by atoms with E-state index in [9.17, 15) is 15.0 Å². The van der Waals surface area contributed by atoms with Crippen molar-refractivity contribution >= 4 is 29.8 Å². The number of aromatic nitrogens is 3. The Labute approximate surface area is 110 Å². The number of azo groups is 1. The number of rotatable bonds is 3. The maximum absolute atomic E-state index is 10.8. The van der Waals surface area contributed by atoms with Gasteiger partial charge in [-0.1, -0.05) is 0 Å². The molecule has 0 saturated carbocycles. The number of benzene rings is 1. The Bertz CT molecular complexity index is 720. The topological polar surface area (TPSA) is 147 Å². The molecule has 0 amide bonds. The Balaban J connectivity index is 2.41. The second-order valence-corrected chi connectivity index (χ2v) is 3.71. The van der Waals surface area contributed by atoms with Crippen molar-refractivity contribution in [2.24, 2.45) is 10.2 Å². The Hall–Kier alpha value is -2.75. The van der Waals surface area contributed by atoms with Crippen LogP contribution in [0.1, 0.15) is 10.4 Å². The maximum Gasteiger partial charge on any atom is 0.343 e. The van der Waals surface area contributed by atoms with E-state index in [2.05, 4.69) is 25.4 Å². The second kappa shape index (κ2) is 4.86. The van der Waals surface area contributed by atoms with Gasteiger partial charge in [0, 0.05) is 0 Å². The highest BCUT2D eigenvalue weighted by Crippen LogP contribution is 2.36. The normalized spacial score (nSPS) is 10.9. The predicted octanol–water partition coefficient (Wildman–Crippen LogP) is 1.99. The SMILES string of the molecule is O=C(O)c1c(O)ccc(N=Nc2nc(=S)[nH][nH]2)c1O. The fraction of sp³-hybridized carbons (Fsp3) is 0. The van der Waals surface area contributed by atoms with Gasteiger partial charge in [-0.15, -0.1) is 10.2 Å². The third-order valence-electron chi connectivity index (χ3n) is 2.09. The van der Waals surface area contributed by atoms with Gasteiger partial charge in [-0.25, -0.2) is 4.79 Å². The van der Waals surface area contributed by atoms with Gasteiger partial charge >= 0.3 is 5.97 Å². The van der Waals surface area contributed by atoms with Crippen LogP contribution in [0.2, 0.25) is 0 Å². The Morgan fingerprint density at radius 1 is 1.26 bits per heavy atom. The molecule has 19 heavy (non-hydrogen) atoms. The standard InChI is InChI=1S/C9H7N5O4S/c15-4-2-1-3(6(16)5(4)7(17)18)11-12-8-10-9(19)14-13-8/h1-2,15-16H,(H,17,18)(H2,10,13,14,19). The molecule has 0 saturated heterocycles. The second-order valence-electron chi connectivity index (χ2n) is 3.32. The van der Waals surface area contributed by atoms with Crippen LogP contribution in [0.5, 0.6) is 11.5 Å². The molecule has 0 aliphatic rings. The van der Waals surface area contributed by atoms with E-state index in [1.54, 1.807) is 0 Å². The number of carbonyl (C=O) groups is 1. The molecule has 2 aromatic rings. The van der Waals surface area contributed by atoms with Gasteiger partial charge in [0.25, 0.3) is 5.95 Å². The van der Waals surface area contributed by atoms with Crippen LogP contribution in [-0.2, 0) is 0 Å². The van der Waals surface area contributed by atoms with Crippen molar-refractivity contribution in [1.82, 2.24) is 15.2 Å². The molecule has 98 valence electrons. The van der Waals surface area contributed by atoms with Gasteiger partial charge < -0.3 is 15.3 Å². The van der Waals surface area contributed by atoms with E-state index in [4.69, 9.17) is 17.3 Å². The fourth-order valence-corrected chi connectivity index (χ4v) is 1.41. The zero-order chi connectivity index (χ0) is 14.0. The lowest BCUT2D eigenvalue weighted by molar-refractivity contribution is 0.0690. The van der Waals surface area contributed by atoms with E-state index >= 15 is 0 Å². The van der Waals surface area contributed by atoms with Crippen molar-refractivity contribution in [3.63, 3.8) is 0 Å². The van der Waals surface area contributed by atoms with Gasteiger partial charge in [-0.05, 0) is 24.4 Å². The molecule has 0 aliphatic carbocycles. The molecular formula is C9H7N5O4S. The fourth-order valence-electron chi connectivity index (χ4n) is 1.27. The lowest BCUT2D eigenvalue weighted by Crippen LogP contribution is -1.97. The largest absolute Gasteiger partial charge is 0.507 e. The van der Waals surface area contributed by atoms with Crippen molar-refractivity contribution in [3.8, 4) is 11.5 Å². The molecule has 5 N–H and O–H groups in total. The van der Waals surface area contributed by atoms with Crippen LogP contribution in [-0.4, -0.2) is 36.5 Å². The maximum atomic E-state index is 10.8. The van der Waals surface area contributed by atoms with Gasteiger partial charge in [0.2, 0.25) is 4.77 Å². The summed E-state index contributed by atoms with van der Waals surface area (Å²) in [4.78, 5) is 14.6. The number of H-pyrrole nitrogens is 2. The summed E-state index contributed by atoms with van der Waals surface area (Å²) in [6.45, 7) is 0. The molecule has 0 atom stereocenters. The summed E-state index contributed by atoms with van der Waals surface area (Å²) in [5.41, 5.74) is -0.774. The molecule has 1 aromatic carbocycles. The molecule has 0 radical (unpaired) electrons. The Morgan fingerprint density at radius 2 is 2.00 bits per heavy atom. The molecule has 0 unspecified atom stereocenters. The molecule has 0 fully saturated rings. The van der Waals surface area contributed by atoms with Crippen LogP contribution in [0.25, 0.3) is 0 Å². The summed E-state index contributed by atoms with van der Waals surface area (Å²) in [7, 11) is 0. The average molecular weight is 281 g/mol. The van der Waals surface area contributed by atoms with Crippen molar-refractivity contribution < 1.29 is 20.1 Å². The first-order valence-corrected chi connectivity index (χ1v) is 5.24. The summed E-state index contributed by atoms with van der Waals surface area (Å²) in [5.74, 6) is -2.67. The van der Waals surface area contributed by atoms with Gasteiger partial charge in [0.05, 0.1) is 0 Å². The minimum atomic E-state index is -1.48. The molecule has 10 heteroatoms. The van der Waals surface area contributed by atoms with Crippen molar-refractivity contribution in [3.05, 3.63) is 22.5 Å². The number of phenols is 2. The number of nitrogens with zero attached hydrogens (tertiary/aromatic N) is 3. The third kappa shape index (κ3) is 2.57. The molecule has 9 nitrogen and oxygen atoms in total. The molecule has 0 aliphatic heterocycles. The van der Waals surface area contributed by atoms with Crippen LogP contribution in [0, 0.1) is 4.77 Å². The van der Waals surface area contributed by atoms with E-state index < -0.39 is 23.0 Å². The lowest BCUT2D eigenvalue weighted by Gasteiger charge is -2.03. The number of carboxylic acids is 1. The van der Waals surface area contributed by atoms with Gasteiger partial charge in [0.15, 0.2) is 5.75 Å². The molecule has 1 heterocycles. The number of aromatic amines is 2. The van der Waals surface area contributed by atoms with E-state index in [1.807, 2.05) is 0 Å². The van der Waals surface area contributed by atoms with E-state index in [0.717, 1.165) is 6.07 Å². The molecular weight excluding hydrogens is 274 g/mol. The van der Waals surface area contributed by atoms with Gasteiger partial charge in [0.1, 0.15) is 17.0 Å². The van der Waals surface area contributed by atoms with E-state index in [1.165, 1.54) is 6.07 Å². The number of nitrogens with one attached hydrogen (secondary N) is 2. The number of aromatic hydroxyl groups is 2. The smallest absolute Gasteiger partial charge is 0.343 e. The number of hydrogen-bond donors (Lipinski definition) is 5. The number of hydrogen-bond acceptors (Lipinski definition) is 7. The van der Waals surface area contributed by atoms with Crippen LogP contribution >= 0.6 is 12.2 Å². The highest BCUT2D eigenvalue weighted by molar-refractivity contribution is 7.71. The lowest BCUT2D eigenvalue weighted by atomic mass is 10.1. The zero-order valence-electron chi connectivity index (χ0n) is 9.15. The first kappa shape index (κ1) is 12.7. The zero-order valence-corrected chi connectivity index (χ0v) is 9.97. The first-order chi connectivity index (χ1) is 8.99. The predicted molar refractivity (Wildman–Crippen MR) is 64.7 cm³/mol. The van der Waals surface area contributed by atoms with Gasteiger partial charge in [-0.2, -0.15) is 4.98 Å². The Kier molecular flexibility index (Phi) is 3.25. The monoisotopic (exact) mass is 281 g/mol. The first-order valence-electron chi connectivity index (χ1n) is 4.83. The average Bonchev–Trinajstić information content (AvgIpc) is 2.74. The minimum Gasteiger partial charge on any atom is -0.507 e. The molecule has 2 rings (SSSR count). The molecule has 0 bridgehead atoms. The third-order valence-corrected chi connectivity index (χ3v) is 2.28. The Morgan fingerprint density at radius 3 is 2.58 bits per heavy atom. The van der Waals surface area contributed by atoms with Crippen LogP contribution in [0.4, 0.5) is 11.6 Å². The van der Waals surface area contributed by atoms with Crippen LogP contribution < -0.4 is 0 Å². The molecule has 0 spiro atoms. The summed E-state index contributed by atoms with van der Waals surface area (Å²) in [6, 6.07) is 2.30. The van der Waals surface area contributed by atoms with E-state index in [0.29, 0.717) is 0 Å². The van der Waals surface area contributed by atoms with Crippen LogP contribution in [0.15, 0.2) is 22.4 Å². The quantitative estimate of drug-likeness (QED) is 0.429. The summed E-state index contributed by atoms with van der Waals surface area (Å²) in [5, 5.41) is 40.0. The minimum absolute atomic E-state index is 0.0642. The summed E-state index contributed by atoms with van der Waals surface area (Å²) >= 11 is 4.70. The highest BCUT2D eigenvalue weighted by Gasteiger charge is 2.18. The number of carboxylic acid groups (broad SMARTS) is 1. The molecule has 1 aromatic heterocycles. The highest BCUT2D eigenvalue weighted by atomic mass is 32.1. The van der Waals surface area contributed by atoms with Crippen LogP contribution in [0.3, 0.4) is 0 Å². The summed E-state index contributed by atoms with van der Waals surface area (Å²) in [6.07, 6.45) is 0. The van der Waals surface area contributed by atoms with Crippen molar-refractivity contribution in [1.29, 1.82) is 0 Å². The van der Waals surface area contributed by atoms with Crippen molar-refractivity contribution in [2.45, 2.75) is 0 Å². The van der Waals surface area contributed by atoms with Crippen molar-refractivity contribution in [2.75, 3.05) is 0 Å². The summed E-state index contributed by atoms with van der Waals surface area (Å²) < 4.78 is 0.176. The van der Waals surface area contributed by atoms with E-state index in [-0.39, 0.29) is 16.4 Å².